The number of hydrogen-bond acceptors (Lipinski definition) is 3. The highest BCUT2D eigenvalue weighted by Gasteiger charge is 2.21. The van der Waals surface area contributed by atoms with E-state index in [0.29, 0.717) is 34.8 Å². The van der Waals surface area contributed by atoms with Crippen molar-refractivity contribution in [2.24, 2.45) is 4.99 Å². The van der Waals surface area contributed by atoms with Gasteiger partial charge in [-0.2, -0.15) is 0 Å². The molecule has 0 spiro atoms. The molecule has 5 nitrogen and oxygen atoms in total. The summed E-state index contributed by atoms with van der Waals surface area (Å²) in [6.07, 6.45) is 0.0936. The molecule has 102 valence electrons. The zero-order valence-corrected chi connectivity index (χ0v) is 11.0. The van der Waals surface area contributed by atoms with E-state index >= 15 is 0 Å². The SMILES string of the molecule is Cc1c(F)cc(C2CCC(NNC(=O)O)=N2)cc1Cl. The van der Waals surface area contributed by atoms with Gasteiger partial charge in [-0.05, 0) is 31.0 Å². The van der Waals surface area contributed by atoms with E-state index in [2.05, 4.69) is 10.4 Å². The van der Waals surface area contributed by atoms with Gasteiger partial charge in [0.1, 0.15) is 11.7 Å². The Bertz CT molecular complexity index is 525. The Balaban J connectivity index is 2.13. The molecule has 0 aliphatic carbocycles. The molecule has 3 N–H and O–H groups in total. The van der Waals surface area contributed by atoms with Crippen molar-refractivity contribution in [2.75, 3.05) is 0 Å². The van der Waals surface area contributed by atoms with Crippen molar-refractivity contribution in [3.8, 4) is 0 Å². The zero-order valence-electron chi connectivity index (χ0n) is 10.2. The van der Waals surface area contributed by atoms with Crippen LogP contribution < -0.4 is 10.9 Å². The minimum absolute atomic E-state index is 0.203. The van der Waals surface area contributed by atoms with Crippen LogP contribution in [0.4, 0.5) is 9.18 Å². The molecule has 1 aromatic carbocycles. The normalized spacial score (nSPS) is 18.1. The molecule has 19 heavy (non-hydrogen) atoms. The number of rotatable bonds is 1. The number of carboxylic acid groups (broad SMARTS) is 1. The van der Waals surface area contributed by atoms with Crippen molar-refractivity contribution in [3.63, 3.8) is 0 Å². The van der Waals surface area contributed by atoms with E-state index in [1.165, 1.54) is 6.07 Å². The lowest BCUT2D eigenvalue weighted by atomic mass is 10.0. The first kappa shape index (κ1) is 13.6. The molecule has 0 radical (unpaired) electrons. The highest BCUT2D eigenvalue weighted by molar-refractivity contribution is 6.31. The average Bonchev–Trinajstić information content (AvgIpc) is 2.81. The maximum Gasteiger partial charge on any atom is 0.423 e. The molecular weight excluding hydrogens is 273 g/mol. The quantitative estimate of drug-likeness (QED) is 0.695. The van der Waals surface area contributed by atoms with Gasteiger partial charge in [-0.15, -0.1) is 0 Å². The van der Waals surface area contributed by atoms with Crippen molar-refractivity contribution in [3.05, 3.63) is 34.1 Å². The zero-order chi connectivity index (χ0) is 14.0. The van der Waals surface area contributed by atoms with E-state index in [-0.39, 0.29) is 11.9 Å². The smallest absolute Gasteiger partial charge is 0.423 e. The van der Waals surface area contributed by atoms with E-state index in [4.69, 9.17) is 16.7 Å². The van der Waals surface area contributed by atoms with Crippen molar-refractivity contribution in [1.29, 1.82) is 0 Å². The summed E-state index contributed by atoms with van der Waals surface area (Å²) in [5.74, 6) is 0.173. The Morgan fingerprint density at radius 3 is 2.95 bits per heavy atom. The first-order valence-electron chi connectivity index (χ1n) is 5.74. The van der Waals surface area contributed by atoms with Gasteiger partial charge in [0.15, 0.2) is 0 Å². The molecule has 1 heterocycles. The topological polar surface area (TPSA) is 73.7 Å². The maximum atomic E-state index is 13.6. The van der Waals surface area contributed by atoms with Crippen LogP contribution in [0.1, 0.15) is 30.0 Å². The molecule has 1 unspecified atom stereocenters. The van der Waals surface area contributed by atoms with Gasteiger partial charge in [-0.3, -0.25) is 10.4 Å². The highest BCUT2D eigenvalue weighted by Crippen LogP contribution is 2.32. The first-order valence-corrected chi connectivity index (χ1v) is 6.12. The number of nitrogens with one attached hydrogen (secondary N) is 2. The van der Waals surface area contributed by atoms with Crippen LogP contribution in [0.3, 0.4) is 0 Å². The Morgan fingerprint density at radius 1 is 1.58 bits per heavy atom. The molecular formula is C12H13ClFN3O2. The van der Waals surface area contributed by atoms with Crippen LogP contribution in [0.5, 0.6) is 0 Å². The second-order valence-electron chi connectivity index (χ2n) is 4.29. The molecule has 1 aliphatic rings. The van der Waals surface area contributed by atoms with Crippen molar-refractivity contribution < 1.29 is 14.3 Å². The van der Waals surface area contributed by atoms with Crippen LogP contribution in [0.15, 0.2) is 17.1 Å². The summed E-state index contributed by atoms with van der Waals surface area (Å²) in [6, 6.07) is 2.91. The number of halogens is 2. The lowest BCUT2D eigenvalue weighted by Gasteiger charge is -2.09. The minimum Gasteiger partial charge on any atom is -0.464 e. The van der Waals surface area contributed by atoms with E-state index in [1.54, 1.807) is 13.0 Å². The third-order valence-corrected chi connectivity index (χ3v) is 3.36. The summed E-state index contributed by atoms with van der Waals surface area (Å²) in [5.41, 5.74) is 5.63. The Hall–Kier alpha value is -1.82. The van der Waals surface area contributed by atoms with Gasteiger partial charge in [0, 0.05) is 17.0 Å². The molecule has 0 saturated heterocycles. The first-order chi connectivity index (χ1) is 8.97. The molecule has 1 atom stereocenters. The fraction of sp³-hybridized carbons (Fsp3) is 0.333. The Kier molecular flexibility index (Phi) is 3.90. The number of hydrogen-bond donors (Lipinski definition) is 3. The molecule has 1 aromatic rings. The van der Waals surface area contributed by atoms with E-state index in [0.717, 1.165) is 0 Å². The lowest BCUT2D eigenvalue weighted by Crippen LogP contribution is -2.39. The molecule has 0 saturated carbocycles. The Labute approximate surface area is 114 Å². The van der Waals surface area contributed by atoms with Crippen molar-refractivity contribution >= 4 is 23.5 Å². The number of nitrogens with zero attached hydrogens (tertiary/aromatic N) is 1. The van der Waals surface area contributed by atoms with Crippen molar-refractivity contribution in [1.82, 2.24) is 10.9 Å². The van der Waals surface area contributed by atoms with Gasteiger partial charge in [0.25, 0.3) is 0 Å². The highest BCUT2D eigenvalue weighted by atomic mass is 35.5. The average molecular weight is 286 g/mol. The van der Waals surface area contributed by atoms with Gasteiger partial charge in [0.2, 0.25) is 0 Å². The largest absolute Gasteiger partial charge is 0.464 e. The summed E-state index contributed by atoms with van der Waals surface area (Å²) in [5, 5.41) is 8.84. The van der Waals surface area contributed by atoms with Crippen molar-refractivity contribution in [2.45, 2.75) is 25.8 Å². The number of carbonyl (C=O) groups is 1. The third-order valence-electron chi connectivity index (χ3n) is 2.97. The number of amides is 1. The predicted octanol–water partition coefficient (Wildman–Crippen LogP) is 2.79. The summed E-state index contributed by atoms with van der Waals surface area (Å²) in [7, 11) is 0. The Morgan fingerprint density at radius 2 is 2.32 bits per heavy atom. The minimum atomic E-state index is -1.18. The van der Waals surface area contributed by atoms with Crippen LogP contribution in [-0.4, -0.2) is 17.0 Å². The molecule has 0 bridgehead atoms. The molecule has 0 aromatic heterocycles. The van der Waals surface area contributed by atoms with Gasteiger partial charge >= 0.3 is 6.09 Å². The summed E-state index contributed by atoms with van der Waals surface area (Å²) in [6.45, 7) is 1.61. The molecule has 1 aliphatic heterocycles. The van der Waals surface area contributed by atoms with Crippen LogP contribution in [0.2, 0.25) is 5.02 Å². The van der Waals surface area contributed by atoms with Crippen LogP contribution in [-0.2, 0) is 0 Å². The lowest BCUT2D eigenvalue weighted by molar-refractivity contribution is 0.192. The molecule has 7 heteroatoms. The number of benzene rings is 1. The van der Waals surface area contributed by atoms with Gasteiger partial charge in [-0.25, -0.2) is 14.6 Å². The second-order valence-corrected chi connectivity index (χ2v) is 4.70. The fourth-order valence-electron chi connectivity index (χ4n) is 1.91. The monoisotopic (exact) mass is 285 g/mol. The maximum absolute atomic E-state index is 13.6. The van der Waals surface area contributed by atoms with Gasteiger partial charge < -0.3 is 5.11 Å². The number of hydrazine groups is 1. The summed E-state index contributed by atoms with van der Waals surface area (Å²) in [4.78, 5) is 14.6. The number of aliphatic imine (C=N–C) groups is 1. The van der Waals surface area contributed by atoms with Gasteiger partial charge in [-0.1, -0.05) is 11.6 Å². The standard InChI is InChI=1S/C12H13ClFN3O2/c1-6-8(13)4-7(5-9(6)14)10-2-3-11(15-10)16-17-12(18)19/h4-5,10,17H,2-3H2,1H3,(H,15,16)(H,18,19). The number of amidine groups is 1. The summed E-state index contributed by atoms with van der Waals surface area (Å²) >= 11 is 5.94. The summed E-state index contributed by atoms with van der Waals surface area (Å²) < 4.78 is 13.6. The van der Waals surface area contributed by atoms with E-state index < -0.39 is 6.09 Å². The fourth-order valence-corrected chi connectivity index (χ4v) is 2.13. The van der Waals surface area contributed by atoms with Crippen LogP contribution in [0.25, 0.3) is 0 Å². The molecule has 1 amide bonds. The third kappa shape index (κ3) is 3.14. The van der Waals surface area contributed by atoms with E-state index in [9.17, 15) is 9.18 Å². The van der Waals surface area contributed by atoms with Crippen LogP contribution >= 0.6 is 11.6 Å². The van der Waals surface area contributed by atoms with Gasteiger partial charge in [0.05, 0.1) is 6.04 Å². The second kappa shape index (κ2) is 5.44. The van der Waals surface area contributed by atoms with E-state index in [1.807, 2.05) is 5.43 Å². The van der Waals surface area contributed by atoms with Crippen LogP contribution in [0, 0.1) is 12.7 Å². The molecule has 0 fully saturated rings. The predicted molar refractivity (Wildman–Crippen MR) is 69.9 cm³/mol. The molecule has 2 rings (SSSR count).